The quantitative estimate of drug-likeness (QED) is 0.577. The lowest BCUT2D eigenvalue weighted by molar-refractivity contribution is -0.0530. The van der Waals surface area contributed by atoms with Crippen LogP contribution in [0.2, 0.25) is 0 Å². The van der Waals surface area contributed by atoms with Gasteiger partial charge in [0.25, 0.3) is 0 Å². The van der Waals surface area contributed by atoms with Gasteiger partial charge in [-0.25, -0.2) is 0 Å². The van der Waals surface area contributed by atoms with Gasteiger partial charge < -0.3 is 9.47 Å². The zero-order valence-electron chi connectivity index (χ0n) is 7.79. The zero-order valence-corrected chi connectivity index (χ0v) is 7.79. The van der Waals surface area contributed by atoms with Crippen molar-refractivity contribution < 1.29 is 9.47 Å². The molecule has 2 rings (SSSR count). The van der Waals surface area contributed by atoms with E-state index >= 15 is 0 Å². The molecule has 0 amide bonds. The first kappa shape index (κ1) is 8.58. The SMILES string of the molecule is BC1CCC(COC2CCC2)O1. The van der Waals surface area contributed by atoms with Gasteiger partial charge >= 0.3 is 0 Å². The van der Waals surface area contributed by atoms with Gasteiger partial charge in [0.05, 0.1) is 18.8 Å². The first-order valence-corrected chi connectivity index (χ1v) is 5.11. The standard InChI is InChI=1S/C9H17BO2/c10-9-5-4-8(12-9)6-11-7-2-1-3-7/h7-9H,1-6,10H2. The van der Waals surface area contributed by atoms with Crippen LogP contribution in [-0.2, 0) is 9.47 Å². The second-order valence-electron chi connectivity index (χ2n) is 4.03. The minimum Gasteiger partial charge on any atom is -0.382 e. The van der Waals surface area contributed by atoms with E-state index in [1.807, 2.05) is 0 Å². The molecule has 2 fully saturated rings. The molecule has 0 aromatic rings. The molecule has 0 radical (unpaired) electrons. The maximum absolute atomic E-state index is 5.69. The molecule has 1 aliphatic carbocycles. The van der Waals surface area contributed by atoms with E-state index in [2.05, 4.69) is 7.85 Å². The Morgan fingerprint density at radius 2 is 2.08 bits per heavy atom. The van der Waals surface area contributed by atoms with Gasteiger partial charge in [-0.15, -0.1) is 0 Å². The normalized spacial score (nSPS) is 36.7. The second-order valence-corrected chi connectivity index (χ2v) is 4.03. The van der Waals surface area contributed by atoms with E-state index in [4.69, 9.17) is 9.47 Å². The van der Waals surface area contributed by atoms with E-state index in [-0.39, 0.29) is 0 Å². The van der Waals surface area contributed by atoms with Crippen molar-refractivity contribution in [3.63, 3.8) is 0 Å². The summed E-state index contributed by atoms with van der Waals surface area (Å²) in [5.74, 6) is 0. The lowest BCUT2D eigenvalue weighted by atomic mass is 9.96. The lowest BCUT2D eigenvalue weighted by Gasteiger charge is -2.26. The Bertz CT molecular complexity index is 147. The van der Waals surface area contributed by atoms with Crippen LogP contribution in [0.3, 0.4) is 0 Å². The summed E-state index contributed by atoms with van der Waals surface area (Å²) in [5, 5.41) is 0. The number of rotatable bonds is 3. The van der Waals surface area contributed by atoms with E-state index in [0.717, 1.165) is 6.61 Å². The Hall–Kier alpha value is -0.0151. The minimum absolute atomic E-state index is 0.389. The average Bonchev–Trinajstić information content (AvgIpc) is 2.32. The summed E-state index contributed by atoms with van der Waals surface area (Å²) < 4.78 is 11.3. The van der Waals surface area contributed by atoms with Gasteiger partial charge in [0.15, 0.2) is 0 Å². The summed E-state index contributed by atoms with van der Waals surface area (Å²) in [4.78, 5) is 0. The third-order valence-electron chi connectivity index (χ3n) is 2.89. The molecule has 3 heteroatoms. The molecule has 1 aliphatic heterocycles. The summed E-state index contributed by atoms with van der Waals surface area (Å²) in [7, 11) is 2.14. The van der Waals surface area contributed by atoms with E-state index < -0.39 is 0 Å². The van der Waals surface area contributed by atoms with Crippen molar-refractivity contribution in [2.45, 2.75) is 50.3 Å². The molecule has 2 atom stereocenters. The third kappa shape index (κ3) is 2.02. The van der Waals surface area contributed by atoms with Crippen molar-refractivity contribution in [3.05, 3.63) is 0 Å². The molecule has 2 nitrogen and oxygen atoms in total. The molecule has 1 saturated heterocycles. The van der Waals surface area contributed by atoms with Crippen LogP contribution in [0, 0.1) is 0 Å². The fraction of sp³-hybridized carbons (Fsp3) is 1.00. The molecule has 1 heterocycles. The molecular weight excluding hydrogens is 151 g/mol. The summed E-state index contributed by atoms with van der Waals surface area (Å²) in [5.41, 5.74) is 0. The minimum atomic E-state index is 0.389. The number of ether oxygens (including phenoxy) is 2. The molecule has 0 N–H and O–H groups in total. The first-order valence-electron chi connectivity index (χ1n) is 5.11. The van der Waals surface area contributed by atoms with Crippen LogP contribution in [0.5, 0.6) is 0 Å². The van der Waals surface area contributed by atoms with Gasteiger partial charge in [-0.05, 0) is 32.1 Å². The summed E-state index contributed by atoms with van der Waals surface area (Å²) in [6, 6.07) is 0.458. The van der Waals surface area contributed by atoms with Gasteiger partial charge in [0.2, 0.25) is 0 Å². The van der Waals surface area contributed by atoms with Crippen LogP contribution < -0.4 is 0 Å². The van der Waals surface area contributed by atoms with Crippen molar-refractivity contribution in [1.29, 1.82) is 0 Å². The molecule has 0 spiro atoms. The van der Waals surface area contributed by atoms with Gasteiger partial charge in [-0.2, -0.15) is 0 Å². The molecule has 12 heavy (non-hydrogen) atoms. The first-order chi connectivity index (χ1) is 5.84. The van der Waals surface area contributed by atoms with E-state index in [9.17, 15) is 0 Å². The maximum atomic E-state index is 5.69. The van der Waals surface area contributed by atoms with Crippen molar-refractivity contribution in [1.82, 2.24) is 0 Å². The van der Waals surface area contributed by atoms with Crippen LogP contribution in [0.15, 0.2) is 0 Å². The zero-order chi connectivity index (χ0) is 8.39. The highest BCUT2D eigenvalue weighted by molar-refractivity contribution is 6.11. The predicted octanol–water partition coefficient (Wildman–Crippen LogP) is 0.694. The highest BCUT2D eigenvalue weighted by Crippen LogP contribution is 2.24. The van der Waals surface area contributed by atoms with E-state index in [0.29, 0.717) is 18.2 Å². The molecule has 0 aromatic carbocycles. The Morgan fingerprint density at radius 3 is 2.58 bits per heavy atom. The van der Waals surface area contributed by atoms with Crippen molar-refractivity contribution in [3.8, 4) is 0 Å². The Balaban J connectivity index is 1.60. The van der Waals surface area contributed by atoms with Crippen LogP contribution in [0.4, 0.5) is 0 Å². The molecular formula is C9H17BO2. The highest BCUT2D eigenvalue weighted by Gasteiger charge is 2.24. The topological polar surface area (TPSA) is 18.5 Å². The molecule has 68 valence electrons. The van der Waals surface area contributed by atoms with Gasteiger partial charge in [0, 0.05) is 6.00 Å². The van der Waals surface area contributed by atoms with E-state index in [1.54, 1.807) is 0 Å². The number of hydrogen-bond donors (Lipinski definition) is 0. The summed E-state index contributed by atoms with van der Waals surface area (Å²) >= 11 is 0. The molecule has 2 unspecified atom stereocenters. The van der Waals surface area contributed by atoms with Crippen LogP contribution in [0.1, 0.15) is 32.1 Å². The van der Waals surface area contributed by atoms with E-state index in [1.165, 1.54) is 32.1 Å². The number of hydrogen-bond acceptors (Lipinski definition) is 2. The van der Waals surface area contributed by atoms with Crippen molar-refractivity contribution in [2.75, 3.05) is 6.61 Å². The highest BCUT2D eigenvalue weighted by atomic mass is 16.5. The van der Waals surface area contributed by atoms with Crippen LogP contribution in [-0.4, -0.2) is 32.7 Å². The fourth-order valence-electron chi connectivity index (χ4n) is 1.79. The average molecular weight is 168 g/mol. The lowest BCUT2D eigenvalue weighted by Crippen LogP contribution is -2.27. The van der Waals surface area contributed by atoms with Gasteiger partial charge in [0.1, 0.15) is 7.85 Å². The monoisotopic (exact) mass is 168 g/mol. The Morgan fingerprint density at radius 1 is 1.25 bits per heavy atom. The fourth-order valence-corrected chi connectivity index (χ4v) is 1.79. The molecule has 2 aliphatic rings. The van der Waals surface area contributed by atoms with Crippen LogP contribution in [0.25, 0.3) is 0 Å². The van der Waals surface area contributed by atoms with Gasteiger partial charge in [-0.1, -0.05) is 0 Å². The Labute approximate surface area is 75.0 Å². The van der Waals surface area contributed by atoms with Gasteiger partial charge in [-0.3, -0.25) is 0 Å². The van der Waals surface area contributed by atoms with Crippen LogP contribution >= 0.6 is 0 Å². The second kappa shape index (κ2) is 3.80. The maximum Gasteiger partial charge on any atom is 0.139 e. The van der Waals surface area contributed by atoms with Crippen molar-refractivity contribution in [2.24, 2.45) is 0 Å². The molecule has 1 saturated carbocycles. The van der Waals surface area contributed by atoms with Crippen molar-refractivity contribution >= 4 is 7.85 Å². The smallest absolute Gasteiger partial charge is 0.139 e. The molecule has 0 bridgehead atoms. The summed E-state index contributed by atoms with van der Waals surface area (Å²) in [6.45, 7) is 0.828. The Kier molecular flexibility index (Phi) is 2.71. The largest absolute Gasteiger partial charge is 0.382 e. The molecule has 0 aromatic heterocycles. The third-order valence-corrected chi connectivity index (χ3v) is 2.89. The predicted molar refractivity (Wildman–Crippen MR) is 50.0 cm³/mol. The summed E-state index contributed by atoms with van der Waals surface area (Å²) in [6.07, 6.45) is 7.23.